The zero-order chi connectivity index (χ0) is 21.8. The first kappa shape index (κ1) is 24.6. The Morgan fingerprint density at radius 2 is 2.14 bits per heavy atom. The smallest absolute Gasteiger partial charge is 0.252 e. The van der Waals surface area contributed by atoms with Gasteiger partial charge in [0.2, 0.25) is 0 Å². The fourth-order valence-electron chi connectivity index (χ4n) is 4.24. The average molecular weight is 551 g/mol. The fourth-order valence-corrected chi connectivity index (χ4v) is 7.24. The van der Waals surface area contributed by atoms with Crippen molar-refractivity contribution in [3.63, 3.8) is 0 Å². The summed E-state index contributed by atoms with van der Waals surface area (Å²) in [5.74, 6) is -1.88. The summed E-state index contributed by atoms with van der Waals surface area (Å²) in [6.45, 7) is 3.84. The average Bonchev–Trinajstić information content (AvgIpc) is 3.29. The summed E-state index contributed by atoms with van der Waals surface area (Å²) < 4.78 is 2.00. The summed E-state index contributed by atoms with van der Waals surface area (Å²) in [6, 6.07) is 2.03. The van der Waals surface area contributed by atoms with Gasteiger partial charge in [-0.05, 0) is 82.2 Å². The van der Waals surface area contributed by atoms with Gasteiger partial charge in [0.05, 0.1) is 19.4 Å². The van der Waals surface area contributed by atoms with Crippen LogP contribution in [0.25, 0.3) is 0 Å². The Morgan fingerprint density at radius 1 is 1.45 bits per heavy atom. The van der Waals surface area contributed by atoms with Crippen molar-refractivity contribution in [3.8, 4) is 0 Å². The summed E-state index contributed by atoms with van der Waals surface area (Å²) >= 11 is 8.64. The number of rotatable bonds is 9. The van der Waals surface area contributed by atoms with E-state index in [-0.39, 0.29) is 18.1 Å². The van der Waals surface area contributed by atoms with Gasteiger partial charge in [-0.2, -0.15) is 0 Å². The second-order valence-corrected chi connectivity index (χ2v) is 11.3. The van der Waals surface area contributed by atoms with Gasteiger partial charge in [0.15, 0.2) is 5.60 Å². The molecule has 29 heavy (non-hydrogen) atoms. The van der Waals surface area contributed by atoms with Gasteiger partial charge in [-0.1, -0.05) is 25.5 Å². The Morgan fingerprint density at radius 3 is 2.66 bits per heavy atom. The molecule has 5 atom stereocenters. The minimum absolute atomic E-state index is 0.0113. The van der Waals surface area contributed by atoms with E-state index in [9.17, 15) is 20.1 Å². The molecule has 1 aromatic heterocycles. The van der Waals surface area contributed by atoms with E-state index < -0.39 is 29.4 Å². The number of allylic oxidation sites excluding steroid dienone is 3. The van der Waals surface area contributed by atoms with Crippen LogP contribution in [0, 0.1) is 11.8 Å². The number of halogens is 2. The highest BCUT2D eigenvalue weighted by molar-refractivity contribution is 9.12. The zero-order valence-corrected chi connectivity index (χ0v) is 20.6. The van der Waals surface area contributed by atoms with Crippen LogP contribution in [0.3, 0.4) is 0 Å². The molecule has 1 fully saturated rings. The monoisotopic (exact) mass is 549 g/mol. The standard InChI is InChI=1S/C21H29Br2NO4S/c1-3-5-9-17(26)21(28,20(24)27)15-8-6-7-13(15)16(25)10-12(4-2)14-11-18(22)29-19(14)23/h3,5,10-13,15,17,25-26,28H,4,6-9H2,1-2H3,(H2,24,27)/b5-3-,16-10+/t12-,13-,15?,17-,21?/m1/s1. The van der Waals surface area contributed by atoms with E-state index in [1.807, 2.05) is 19.1 Å². The van der Waals surface area contributed by atoms with Crippen molar-refractivity contribution >= 4 is 49.1 Å². The number of carbonyl (C=O) groups is 1. The van der Waals surface area contributed by atoms with Crippen molar-refractivity contribution in [1.29, 1.82) is 0 Å². The third kappa shape index (κ3) is 5.34. The first-order valence-electron chi connectivity index (χ1n) is 9.83. The highest BCUT2D eigenvalue weighted by Crippen LogP contribution is 2.46. The van der Waals surface area contributed by atoms with E-state index in [1.54, 1.807) is 30.4 Å². The van der Waals surface area contributed by atoms with Crippen molar-refractivity contribution < 1.29 is 20.1 Å². The lowest BCUT2D eigenvalue weighted by Gasteiger charge is -2.38. The number of aliphatic hydroxyl groups excluding tert-OH is 2. The highest BCUT2D eigenvalue weighted by Gasteiger charge is 2.53. The number of hydrogen-bond acceptors (Lipinski definition) is 5. The molecule has 1 saturated carbocycles. The van der Waals surface area contributed by atoms with Gasteiger partial charge in [0.1, 0.15) is 0 Å². The molecule has 1 aliphatic carbocycles. The summed E-state index contributed by atoms with van der Waals surface area (Å²) in [6.07, 6.45) is 6.71. The first-order valence-corrected chi connectivity index (χ1v) is 12.2. The molecule has 2 rings (SSSR count). The Kier molecular flexibility index (Phi) is 8.97. The van der Waals surface area contributed by atoms with Crippen molar-refractivity contribution in [3.05, 3.63) is 43.2 Å². The van der Waals surface area contributed by atoms with Crippen LogP contribution in [0.2, 0.25) is 0 Å². The predicted molar refractivity (Wildman–Crippen MR) is 124 cm³/mol. The molecule has 1 aromatic rings. The molecule has 0 saturated heterocycles. The number of amides is 1. The Balaban J connectivity index is 2.35. The molecule has 1 aliphatic rings. The van der Waals surface area contributed by atoms with E-state index in [0.717, 1.165) is 26.0 Å². The van der Waals surface area contributed by atoms with Crippen molar-refractivity contribution in [1.82, 2.24) is 0 Å². The second kappa shape index (κ2) is 10.6. The van der Waals surface area contributed by atoms with Crippen LogP contribution in [-0.2, 0) is 4.79 Å². The number of thiophene rings is 1. The van der Waals surface area contributed by atoms with Gasteiger partial charge in [-0.25, -0.2) is 0 Å². The maximum Gasteiger partial charge on any atom is 0.252 e. The molecule has 0 aromatic carbocycles. The Bertz CT molecular complexity index is 779. The van der Waals surface area contributed by atoms with Gasteiger partial charge in [0.25, 0.3) is 5.91 Å². The van der Waals surface area contributed by atoms with Crippen LogP contribution in [0.5, 0.6) is 0 Å². The molecular formula is C21H29Br2NO4S. The summed E-state index contributed by atoms with van der Waals surface area (Å²) in [5, 5.41) is 32.7. The van der Waals surface area contributed by atoms with Crippen LogP contribution < -0.4 is 5.73 Å². The van der Waals surface area contributed by atoms with E-state index >= 15 is 0 Å². The van der Waals surface area contributed by atoms with E-state index in [0.29, 0.717) is 12.8 Å². The number of aliphatic hydroxyl groups is 3. The van der Waals surface area contributed by atoms with Gasteiger partial charge in [-0.15, -0.1) is 11.3 Å². The molecule has 1 amide bonds. The minimum atomic E-state index is -2.09. The molecule has 0 spiro atoms. The summed E-state index contributed by atoms with van der Waals surface area (Å²) in [7, 11) is 0. The van der Waals surface area contributed by atoms with Crippen molar-refractivity contribution in [2.24, 2.45) is 17.6 Å². The summed E-state index contributed by atoms with van der Waals surface area (Å²) in [5.41, 5.74) is 4.53. The molecule has 0 bridgehead atoms. The highest BCUT2D eigenvalue weighted by atomic mass is 79.9. The normalized spacial score (nSPS) is 24.6. The molecular weight excluding hydrogens is 522 g/mol. The van der Waals surface area contributed by atoms with Crippen LogP contribution in [0.15, 0.2) is 37.6 Å². The minimum Gasteiger partial charge on any atom is -0.512 e. The van der Waals surface area contributed by atoms with E-state index in [4.69, 9.17) is 5.73 Å². The second-order valence-electron chi connectivity index (χ2n) is 7.54. The van der Waals surface area contributed by atoms with Gasteiger partial charge in [0, 0.05) is 17.8 Å². The number of hydrogen-bond donors (Lipinski definition) is 4. The van der Waals surface area contributed by atoms with Crippen LogP contribution in [0.4, 0.5) is 0 Å². The number of carbonyl (C=O) groups excluding carboxylic acids is 1. The zero-order valence-electron chi connectivity index (χ0n) is 16.6. The number of primary amides is 1. The SMILES string of the molecule is C/C=C\C[C@@H](O)C(O)(C(N)=O)C1CCC[C@H]1/C(O)=C\[C@@H](CC)c1cc(Br)sc1Br. The quantitative estimate of drug-likeness (QED) is 0.251. The molecule has 8 heteroatoms. The molecule has 162 valence electrons. The molecule has 1 heterocycles. The van der Waals surface area contributed by atoms with Crippen LogP contribution >= 0.6 is 43.2 Å². The van der Waals surface area contributed by atoms with Gasteiger partial charge in [-0.3, -0.25) is 4.79 Å². The molecule has 0 aliphatic heterocycles. The first-order chi connectivity index (χ1) is 13.7. The van der Waals surface area contributed by atoms with E-state index in [1.165, 1.54) is 0 Å². The van der Waals surface area contributed by atoms with Crippen molar-refractivity contribution in [2.45, 2.75) is 63.6 Å². The molecule has 0 radical (unpaired) electrons. The maximum absolute atomic E-state index is 12.2. The largest absolute Gasteiger partial charge is 0.512 e. The molecule has 5 nitrogen and oxygen atoms in total. The van der Waals surface area contributed by atoms with Crippen LogP contribution in [0.1, 0.15) is 57.4 Å². The maximum atomic E-state index is 12.2. The van der Waals surface area contributed by atoms with Crippen LogP contribution in [-0.4, -0.2) is 32.9 Å². The Labute approximate surface area is 193 Å². The van der Waals surface area contributed by atoms with Gasteiger partial charge >= 0.3 is 0 Å². The lowest BCUT2D eigenvalue weighted by molar-refractivity contribution is -0.162. The lowest BCUT2D eigenvalue weighted by atomic mass is 9.74. The lowest BCUT2D eigenvalue weighted by Crippen LogP contribution is -2.59. The Hall–Kier alpha value is -0.670. The van der Waals surface area contributed by atoms with Gasteiger partial charge < -0.3 is 21.1 Å². The molecule has 5 N–H and O–H groups in total. The fraction of sp³-hybridized carbons (Fsp3) is 0.571. The number of nitrogens with two attached hydrogens (primary N) is 1. The predicted octanol–water partition coefficient (Wildman–Crippen LogP) is 5.17. The van der Waals surface area contributed by atoms with Crippen molar-refractivity contribution in [2.75, 3.05) is 0 Å². The summed E-state index contributed by atoms with van der Waals surface area (Å²) in [4.78, 5) is 12.2. The molecule has 2 unspecified atom stereocenters. The third-order valence-electron chi connectivity index (χ3n) is 5.85. The topological polar surface area (TPSA) is 104 Å². The third-order valence-corrected chi connectivity index (χ3v) is 8.24. The van der Waals surface area contributed by atoms with E-state index in [2.05, 4.69) is 31.9 Å².